The molecule has 6 nitrogen and oxygen atoms in total. The van der Waals surface area contributed by atoms with Crippen molar-refractivity contribution in [1.29, 1.82) is 0 Å². The normalized spacial score (nSPS) is 15.8. The van der Waals surface area contributed by atoms with E-state index in [1.54, 1.807) is 6.20 Å². The van der Waals surface area contributed by atoms with Crippen molar-refractivity contribution in [2.75, 3.05) is 6.73 Å². The van der Waals surface area contributed by atoms with Gasteiger partial charge in [0.15, 0.2) is 0 Å². The number of rotatable bonds is 1. The van der Waals surface area contributed by atoms with E-state index in [9.17, 15) is 0 Å². The lowest BCUT2D eigenvalue weighted by atomic mass is 10.4. The zero-order chi connectivity index (χ0) is 8.39. The molecule has 0 spiro atoms. The minimum atomic E-state index is 0.0336. The highest BCUT2D eigenvalue weighted by molar-refractivity contribution is 5.95. The summed E-state index contributed by atoms with van der Waals surface area (Å²) in [5.41, 5.74) is 0.484. The molecule has 0 bridgehead atoms. The summed E-state index contributed by atoms with van der Waals surface area (Å²) in [7, 11) is 0. The molecule has 0 amide bonds. The highest BCUT2D eigenvalue weighted by atomic mass is 16.7. The second-order valence-electron chi connectivity index (χ2n) is 2.16. The quantitative estimate of drug-likeness (QED) is 0.626. The van der Waals surface area contributed by atoms with Crippen LogP contribution in [0.2, 0.25) is 0 Å². The van der Waals surface area contributed by atoms with Gasteiger partial charge in [0, 0.05) is 12.4 Å². The molecular weight excluding hydrogens is 160 g/mol. The van der Waals surface area contributed by atoms with Crippen molar-refractivity contribution in [2.45, 2.75) is 0 Å². The molecule has 2 rings (SSSR count). The van der Waals surface area contributed by atoms with E-state index in [2.05, 4.69) is 20.0 Å². The Morgan fingerprint density at radius 1 is 1.50 bits per heavy atom. The molecule has 1 aliphatic rings. The number of nitrogens with zero attached hydrogens (tertiary/aromatic N) is 4. The van der Waals surface area contributed by atoms with Crippen LogP contribution in [-0.4, -0.2) is 32.8 Å². The highest BCUT2D eigenvalue weighted by Gasteiger charge is 2.19. The minimum absolute atomic E-state index is 0.0336. The molecule has 0 aromatic carbocycles. The molecule has 0 unspecified atom stereocenters. The maximum atomic E-state index is 9.15. The highest BCUT2D eigenvalue weighted by Crippen LogP contribution is 2.05. The van der Waals surface area contributed by atoms with Crippen molar-refractivity contribution in [3.05, 3.63) is 24.3 Å². The minimum Gasteiger partial charge on any atom is -0.369 e. The molecule has 2 heterocycles. The lowest BCUT2D eigenvalue weighted by Gasteiger charge is -2.05. The van der Waals surface area contributed by atoms with Crippen LogP contribution in [0.3, 0.4) is 0 Å². The summed E-state index contributed by atoms with van der Waals surface area (Å²) in [5.74, 6) is 0.281. The van der Waals surface area contributed by atoms with Crippen LogP contribution >= 0.6 is 0 Å². The zero-order valence-corrected chi connectivity index (χ0v) is 6.08. The van der Waals surface area contributed by atoms with Gasteiger partial charge in [-0.05, 0) is 0 Å². The first-order valence-electron chi connectivity index (χ1n) is 3.30. The van der Waals surface area contributed by atoms with Gasteiger partial charge >= 0.3 is 0 Å². The Labute approximate surface area is 68.1 Å². The molecule has 1 N–H and O–H groups in total. The third kappa shape index (κ3) is 1.08. The van der Waals surface area contributed by atoms with Gasteiger partial charge in [-0.3, -0.25) is 10.2 Å². The van der Waals surface area contributed by atoms with Crippen LogP contribution in [0, 0.1) is 0 Å². The van der Waals surface area contributed by atoms with E-state index < -0.39 is 0 Å². The maximum absolute atomic E-state index is 9.15. The van der Waals surface area contributed by atoms with Gasteiger partial charge in [0.25, 0.3) is 0 Å². The fraction of sp³-hybridized carbons (Fsp3) is 0.167. The monoisotopic (exact) mass is 166 g/mol. The first-order chi connectivity index (χ1) is 5.88. The molecule has 1 aromatic rings. The Morgan fingerprint density at radius 3 is 3.00 bits per heavy atom. The smallest absolute Gasteiger partial charge is 0.222 e. The predicted octanol–water partition coefficient (Wildman–Crippen LogP) is -0.183. The van der Waals surface area contributed by atoms with Crippen molar-refractivity contribution >= 4 is 5.84 Å². The second-order valence-corrected chi connectivity index (χ2v) is 2.16. The van der Waals surface area contributed by atoms with Crippen LogP contribution in [0.25, 0.3) is 0 Å². The van der Waals surface area contributed by atoms with Gasteiger partial charge in [-0.15, -0.1) is 0 Å². The molecule has 12 heavy (non-hydrogen) atoms. The van der Waals surface area contributed by atoms with Crippen molar-refractivity contribution in [3.8, 4) is 0 Å². The van der Waals surface area contributed by atoms with Crippen molar-refractivity contribution in [1.82, 2.24) is 15.0 Å². The van der Waals surface area contributed by atoms with Crippen molar-refractivity contribution < 1.29 is 10.0 Å². The SMILES string of the molecule is ON1CON=C1c1cnccn1. The van der Waals surface area contributed by atoms with Gasteiger partial charge in [0.05, 0.1) is 6.20 Å². The number of aromatic nitrogens is 2. The zero-order valence-electron chi connectivity index (χ0n) is 6.08. The molecule has 0 radical (unpaired) electrons. The summed E-state index contributed by atoms with van der Waals surface area (Å²) in [6.07, 6.45) is 4.56. The fourth-order valence-electron chi connectivity index (χ4n) is 0.847. The molecule has 6 heteroatoms. The molecule has 0 atom stereocenters. The average Bonchev–Trinajstić information content (AvgIpc) is 2.53. The van der Waals surface area contributed by atoms with Crippen LogP contribution < -0.4 is 0 Å². The topological polar surface area (TPSA) is 70.8 Å². The third-order valence-electron chi connectivity index (χ3n) is 1.37. The number of amidine groups is 1. The van der Waals surface area contributed by atoms with Gasteiger partial charge < -0.3 is 4.84 Å². The Bertz CT molecular complexity index is 300. The van der Waals surface area contributed by atoms with Crippen molar-refractivity contribution in [3.63, 3.8) is 0 Å². The standard InChI is InChI=1S/C6H6N4O2/c11-10-4-12-9-6(10)5-3-7-1-2-8-5/h1-3,11H,4H2. The fourth-order valence-corrected chi connectivity index (χ4v) is 0.847. The second kappa shape index (κ2) is 2.74. The van der Waals surface area contributed by atoms with Gasteiger partial charge in [-0.25, -0.2) is 4.98 Å². The van der Waals surface area contributed by atoms with E-state index in [4.69, 9.17) is 5.21 Å². The Balaban J connectivity index is 2.31. The summed E-state index contributed by atoms with van der Waals surface area (Å²) in [6, 6.07) is 0. The first-order valence-corrected chi connectivity index (χ1v) is 3.30. The molecule has 1 aromatic heterocycles. The van der Waals surface area contributed by atoms with E-state index >= 15 is 0 Å². The van der Waals surface area contributed by atoms with E-state index in [0.717, 1.165) is 5.06 Å². The van der Waals surface area contributed by atoms with E-state index in [1.165, 1.54) is 12.4 Å². The molecule has 0 saturated heterocycles. The molecule has 0 fully saturated rings. The van der Waals surface area contributed by atoms with Crippen molar-refractivity contribution in [2.24, 2.45) is 5.16 Å². The number of oxime groups is 1. The number of hydrogen-bond donors (Lipinski definition) is 1. The van der Waals surface area contributed by atoms with Gasteiger partial charge in [0.2, 0.25) is 12.6 Å². The summed E-state index contributed by atoms with van der Waals surface area (Å²) in [6.45, 7) is 0.0336. The average molecular weight is 166 g/mol. The molecule has 62 valence electrons. The van der Waals surface area contributed by atoms with Gasteiger partial charge in [-0.1, -0.05) is 5.16 Å². The van der Waals surface area contributed by atoms with Crippen LogP contribution in [0.15, 0.2) is 23.7 Å². The van der Waals surface area contributed by atoms with Crippen LogP contribution in [0.5, 0.6) is 0 Å². The van der Waals surface area contributed by atoms with E-state index in [-0.39, 0.29) is 12.6 Å². The van der Waals surface area contributed by atoms with E-state index in [0.29, 0.717) is 5.69 Å². The first kappa shape index (κ1) is 6.99. The Hall–Kier alpha value is -1.69. The molecule has 1 aliphatic heterocycles. The predicted molar refractivity (Wildman–Crippen MR) is 38.1 cm³/mol. The number of hydrogen-bond acceptors (Lipinski definition) is 6. The molecular formula is C6H6N4O2. The Morgan fingerprint density at radius 2 is 2.42 bits per heavy atom. The van der Waals surface area contributed by atoms with Crippen LogP contribution in [-0.2, 0) is 4.84 Å². The van der Waals surface area contributed by atoms with Gasteiger partial charge in [-0.2, -0.15) is 5.06 Å². The number of hydroxylamine groups is 2. The van der Waals surface area contributed by atoms with Crippen LogP contribution in [0.1, 0.15) is 5.69 Å². The molecule has 0 saturated carbocycles. The molecule has 0 aliphatic carbocycles. The summed E-state index contributed by atoms with van der Waals surface area (Å²) >= 11 is 0. The largest absolute Gasteiger partial charge is 0.369 e. The lowest BCUT2D eigenvalue weighted by Crippen LogP contribution is -2.24. The van der Waals surface area contributed by atoms with Gasteiger partial charge in [0.1, 0.15) is 5.69 Å². The third-order valence-corrected chi connectivity index (χ3v) is 1.37. The van der Waals surface area contributed by atoms with E-state index in [1.807, 2.05) is 0 Å². The maximum Gasteiger partial charge on any atom is 0.222 e. The summed E-state index contributed by atoms with van der Waals surface area (Å²) in [5, 5.41) is 13.6. The van der Waals surface area contributed by atoms with Crippen LogP contribution in [0.4, 0.5) is 0 Å². The summed E-state index contributed by atoms with van der Waals surface area (Å²) < 4.78 is 0. The Kier molecular flexibility index (Phi) is 1.60. The lowest BCUT2D eigenvalue weighted by molar-refractivity contribution is -0.0714. The summed E-state index contributed by atoms with van der Waals surface area (Å²) in [4.78, 5) is 12.4.